The van der Waals surface area contributed by atoms with E-state index in [0.717, 1.165) is 46.6 Å². The van der Waals surface area contributed by atoms with Crippen molar-refractivity contribution in [3.05, 3.63) is 113 Å². The van der Waals surface area contributed by atoms with Crippen molar-refractivity contribution < 1.29 is 9.84 Å². The maximum atomic E-state index is 12.3. The third-order valence-electron chi connectivity index (χ3n) is 5.75. The molecule has 28 heavy (non-hydrogen) atoms. The van der Waals surface area contributed by atoms with Crippen molar-refractivity contribution in [2.45, 2.75) is 5.60 Å². The lowest BCUT2D eigenvalue weighted by molar-refractivity contribution is 0.0223. The van der Waals surface area contributed by atoms with E-state index in [-0.39, 0.29) is 0 Å². The van der Waals surface area contributed by atoms with Gasteiger partial charge in [0.15, 0.2) is 5.60 Å². The lowest BCUT2D eigenvalue weighted by Crippen LogP contribution is -2.43. The highest BCUT2D eigenvalue weighted by molar-refractivity contribution is 5.90. The predicted molar refractivity (Wildman–Crippen MR) is 111 cm³/mol. The fourth-order valence-corrected chi connectivity index (χ4v) is 4.50. The van der Waals surface area contributed by atoms with Crippen molar-refractivity contribution in [3.8, 4) is 0 Å². The molecule has 1 N–H and O–H groups in total. The molecular weight excluding hydrogens is 346 g/mol. The average molecular weight is 369 g/mol. The Labute approximate surface area is 165 Å². The van der Waals surface area contributed by atoms with Crippen molar-refractivity contribution in [2.75, 3.05) is 26.3 Å². The van der Waals surface area contributed by atoms with Crippen LogP contribution in [-0.2, 0) is 10.3 Å². The standard InChI is InChI=1S/C25H23NO2/c27-25(20-11-5-2-6-12-20)22-14-8-7-13-21(22)23(19-9-3-1-4-10-19)24(25)26-15-17-28-18-16-26/h1-14,27H,15-18H2/t25-/m1/s1. The van der Waals surface area contributed by atoms with Crippen molar-refractivity contribution in [2.24, 2.45) is 0 Å². The summed E-state index contributed by atoms with van der Waals surface area (Å²) in [5.41, 5.74) is 4.97. The molecule has 5 rings (SSSR count). The predicted octanol–water partition coefficient (Wildman–Crippen LogP) is 4.03. The summed E-state index contributed by atoms with van der Waals surface area (Å²) in [6, 6.07) is 28.7. The minimum atomic E-state index is -1.18. The zero-order valence-corrected chi connectivity index (χ0v) is 15.7. The van der Waals surface area contributed by atoms with Gasteiger partial charge in [-0.1, -0.05) is 84.9 Å². The summed E-state index contributed by atoms with van der Waals surface area (Å²) in [5, 5.41) is 12.3. The Hall–Kier alpha value is -2.88. The van der Waals surface area contributed by atoms with Crippen LogP contribution in [0.3, 0.4) is 0 Å². The monoisotopic (exact) mass is 369 g/mol. The van der Waals surface area contributed by atoms with Crippen LogP contribution in [0.1, 0.15) is 22.3 Å². The van der Waals surface area contributed by atoms with Crippen LogP contribution in [-0.4, -0.2) is 36.3 Å². The summed E-state index contributed by atoms with van der Waals surface area (Å²) >= 11 is 0. The maximum Gasteiger partial charge on any atom is 0.156 e. The summed E-state index contributed by atoms with van der Waals surface area (Å²) in [6.07, 6.45) is 0. The Morgan fingerprint density at radius 3 is 2.07 bits per heavy atom. The number of benzene rings is 3. The van der Waals surface area contributed by atoms with Crippen molar-refractivity contribution in [3.63, 3.8) is 0 Å². The second kappa shape index (κ2) is 6.93. The molecule has 0 saturated carbocycles. The fourth-order valence-electron chi connectivity index (χ4n) is 4.50. The Morgan fingerprint density at radius 1 is 0.750 bits per heavy atom. The van der Waals surface area contributed by atoms with Gasteiger partial charge in [0.25, 0.3) is 0 Å². The highest BCUT2D eigenvalue weighted by Gasteiger charge is 2.47. The van der Waals surface area contributed by atoms with E-state index in [4.69, 9.17) is 4.74 Å². The number of nitrogens with zero attached hydrogens (tertiary/aromatic N) is 1. The molecule has 0 bridgehead atoms. The second-order valence-corrected chi connectivity index (χ2v) is 7.31. The van der Waals surface area contributed by atoms with Crippen LogP contribution in [0.2, 0.25) is 0 Å². The summed E-state index contributed by atoms with van der Waals surface area (Å²) < 4.78 is 5.61. The van der Waals surface area contributed by atoms with Crippen LogP contribution < -0.4 is 0 Å². The summed E-state index contributed by atoms with van der Waals surface area (Å²) in [7, 11) is 0. The smallest absolute Gasteiger partial charge is 0.156 e. The lowest BCUT2D eigenvalue weighted by atomic mass is 9.85. The number of morpholine rings is 1. The molecule has 3 aromatic rings. The van der Waals surface area contributed by atoms with E-state index in [0.29, 0.717) is 13.2 Å². The first-order chi connectivity index (χ1) is 13.8. The Kier molecular flexibility index (Phi) is 4.27. The first kappa shape index (κ1) is 17.2. The molecule has 1 aliphatic heterocycles. The van der Waals surface area contributed by atoms with Gasteiger partial charge in [0, 0.05) is 24.2 Å². The fraction of sp³-hybridized carbons (Fsp3) is 0.200. The Morgan fingerprint density at radius 2 is 1.36 bits per heavy atom. The quantitative estimate of drug-likeness (QED) is 0.757. The molecule has 1 atom stereocenters. The number of hydrogen-bond donors (Lipinski definition) is 1. The van der Waals surface area contributed by atoms with Gasteiger partial charge in [0.1, 0.15) is 0 Å². The van der Waals surface area contributed by atoms with Crippen LogP contribution >= 0.6 is 0 Å². The molecule has 3 aromatic carbocycles. The minimum absolute atomic E-state index is 0.673. The van der Waals surface area contributed by atoms with E-state index < -0.39 is 5.60 Å². The van der Waals surface area contributed by atoms with E-state index >= 15 is 0 Å². The number of fused-ring (bicyclic) bond motifs is 1. The van der Waals surface area contributed by atoms with Gasteiger partial charge in [-0.05, 0) is 16.7 Å². The largest absolute Gasteiger partial charge is 0.378 e. The zero-order chi connectivity index (χ0) is 19.0. The molecule has 0 aromatic heterocycles. The molecule has 0 radical (unpaired) electrons. The SMILES string of the molecule is O[C@@]1(c2ccccc2)C(N2CCOCC2)=C(c2ccccc2)c2ccccc21. The zero-order valence-electron chi connectivity index (χ0n) is 15.7. The average Bonchev–Trinajstić information content (AvgIpc) is 3.06. The third-order valence-corrected chi connectivity index (χ3v) is 5.75. The Balaban J connectivity index is 1.83. The number of ether oxygens (including phenoxy) is 1. The van der Waals surface area contributed by atoms with Gasteiger partial charge in [0.05, 0.1) is 18.9 Å². The van der Waals surface area contributed by atoms with Gasteiger partial charge < -0.3 is 14.7 Å². The van der Waals surface area contributed by atoms with Crippen LogP contribution in [0.15, 0.2) is 90.6 Å². The normalized spacial score (nSPS) is 21.7. The summed E-state index contributed by atoms with van der Waals surface area (Å²) in [5.74, 6) is 0. The van der Waals surface area contributed by atoms with Crippen LogP contribution in [0.25, 0.3) is 5.57 Å². The number of rotatable bonds is 3. The van der Waals surface area contributed by atoms with Crippen molar-refractivity contribution >= 4 is 5.57 Å². The third kappa shape index (κ3) is 2.59. The summed E-state index contributed by atoms with van der Waals surface area (Å²) in [4.78, 5) is 2.30. The van der Waals surface area contributed by atoms with Crippen molar-refractivity contribution in [1.29, 1.82) is 0 Å². The molecule has 140 valence electrons. The first-order valence-corrected chi connectivity index (χ1v) is 9.81. The molecule has 0 unspecified atom stereocenters. The highest BCUT2D eigenvalue weighted by Crippen LogP contribution is 2.52. The number of hydrogen-bond acceptors (Lipinski definition) is 3. The topological polar surface area (TPSA) is 32.7 Å². The van der Waals surface area contributed by atoms with Crippen LogP contribution in [0.4, 0.5) is 0 Å². The molecule has 3 nitrogen and oxygen atoms in total. The van der Waals surface area contributed by atoms with Gasteiger partial charge >= 0.3 is 0 Å². The minimum Gasteiger partial charge on any atom is -0.378 e. The highest BCUT2D eigenvalue weighted by atomic mass is 16.5. The van der Waals surface area contributed by atoms with Gasteiger partial charge in [-0.2, -0.15) is 0 Å². The van der Waals surface area contributed by atoms with Crippen LogP contribution in [0, 0.1) is 0 Å². The van der Waals surface area contributed by atoms with Gasteiger partial charge in [-0.15, -0.1) is 0 Å². The van der Waals surface area contributed by atoms with E-state index in [1.807, 2.05) is 42.5 Å². The molecule has 0 spiro atoms. The summed E-state index contributed by atoms with van der Waals surface area (Å²) in [6.45, 7) is 2.89. The molecule has 2 aliphatic rings. The maximum absolute atomic E-state index is 12.3. The van der Waals surface area contributed by atoms with Gasteiger partial charge in [-0.3, -0.25) is 0 Å². The van der Waals surface area contributed by atoms with Gasteiger partial charge in [-0.25, -0.2) is 0 Å². The molecular formula is C25H23NO2. The van der Waals surface area contributed by atoms with E-state index in [1.165, 1.54) is 0 Å². The number of aliphatic hydroxyl groups is 1. The van der Waals surface area contributed by atoms with E-state index in [9.17, 15) is 5.11 Å². The molecule has 1 heterocycles. The van der Waals surface area contributed by atoms with Gasteiger partial charge in [0.2, 0.25) is 0 Å². The van der Waals surface area contributed by atoms with E-state index in [2.05, 4.69) is 47.4 Å². The molecule has 1 saturated heterocycles. The lowest BCUT2D eigenvalue weighted by Gasteiger charge is -2.39. The molecule has 0 amide bonds. The molecule has 3 heteroatoms. The first-order valence-electron chi connectivity index (χ1n) is 9.81. The van der Waals surface area contributed by atoms with Crippen molar-refractivity contribution in [1.82, 2.24) is 4.90 Å². The molecule has 1 fully saturated rings. The van der Waals surface area contributed by atoms with E-state index in [1.54, 1.807) is 0 Å². The molecule has 1 aliphatic carbocycles. The van der Waals surface area contributed by atoms with Crippen LogP contribution in [0.5, 0.6) is 0 Å². The Bertz CT molecular complexity index is 1010. The second-order valence-electron chi connectivity index (χ2n) is 7.31.